The van der Waals surface area contributed by atoms with Gasteiger partial charge < -0.3 is 5.11 Å². The van der Waals surface area contributed by atoms with Crippen molar-refractivity contribution in [2.75, 3.05) is 0 Å². The molecule has 0 saturated carbocycles. The molecule has 0 radical (unpaired) electrons. The lowest BCUT2D eigenvalue weighted by Crippen LogP contribution is -1.78. The van der Waals surface area contributed by atoms with Crippen LogP contribution in [-0.4, -0.2) is 5.11 Å². The normalized spacial score (nSPS) is 10.8. The Hall–Kier alpha value is -1.24. The van der Waals surface area contributed by atoms with Crippen LogP contribution in [0.25, 0.3) is 0 Å². The Balaban J connectivity index is 2.53. The Morgan fingerprint density at radius 2 is 1.83 bits per heavy atom. The molecule has 1 N–H and O–H groups in total. The average Bonchev–Trinajstić information content (AvgIpc) is 2.09. The first-order valence-electron chi connectivity index (χ1n) is 4.26. The third-order valence-electron chi connectivity index (χ3n) is 1.69. The smallest absolute Gasteiger partial charge is 0.115 e. The van der Waals surface area contributed by atoms with Gasteiger partial charge in [-0.2, -0.15) is 0 Å². The largest absolute Gasteiger partial charge is 0.508 e. The van der Waals surface area contributed by atoms with Crippen LogP contribution in [0.15, 0.2) is 36.4 Å². The van der Waals surface area contributed by atoms with Gasteiger partial charge in [-0.15, -0.1) is 0 Å². The summed E-state index contributed by atoms with van der Waals surface area (Å²) in [5.74, 6) is 0.332. The number of hydrogen-bond acceptors (Lipinski definition) is 1. The van der Waals surface area contributed by atoms with Crippen LogP contribution in [0, 0.1) is 0 Å². The number of phenolic OH excluding ortho intramolecular Hbond substituents is 1. The first-order valence-corrected chi connectivity index (χ1v) is 4.26. The average molecular weight is 162 g/mol. The molecular weight excluding hydrogens is 148 g/mol. The SMILES string of the molecule is CC/C=C\Cc1ccc(O)cc1. The van der Waals surface area contributed by atoms with Crippen LogP contribution in [-0.2, 0) is 6.42 Å². The zero-order chi connectivity index (χ0) is 8.81. The zero-order valence-electron chi connectivity index (χ0n) is 7.33. The van der Waals surface area contributed by atoms with Crippen molar-refractivity contribution in [3.05, 3.63) is 42.0 Å². The number of aromatic hydroxyl groups is 1. The standard InChI is InChI=1S/C11H14O/c1-2-3-4-5-10-6-8-11(12)9-7-10/h3-4,6-9,12H,2,5H2,1H3/b4-3-. The van der Waals surface area contributed by atoms with Gasteiger partial charge >= 0.3 is 0 Å². The molecule has 0 aliphatic rings. The van der Waals surface area contributed by atoms with E-state index in [4.69, 9.17) is 5.11 Å². The Labute approximate surface area is 73.4 Å². The van der Waals surface area contributed by atoms with Crippen LogP contribution in [0.5, 0.6) is 5.75 Å². The van der Waals surface area contributed by atoms with Gasteiger partial charge in [-0.05, 0) is 30.5 Å². The van der Waals surface area contributed by atoms with Crippen LogP contribution >= 0.6 is 0 Å². The minimum absolute atomic E-state index is 0.332. The van der Waals surface area contributed by atoms with E-state index in [1.165, 1.54) is 5.56 Å². The monoisotopic (exact) mass is 162 g/mol. The van der Waals surface area contributed by atoms with E-state index in [1.54, 1.807) is 12.1 Å². The van der Waals surface area contributed by atoms with E-state index in [0.717, 1.165) is 12.8 Å². The van der Waals surface area contributed by atoms with Gasteiger partial charge in [0.1, 0.15) is 5.75 Å². The second kappa shape index (κ2) is 4.60. The fraction of sp³-hybridized carbons (Fsp3) is 0.273. The summed E-state index contributed by atoms with van der Waals surface area (Å²) >= 11 is 0. The number of rotatable bonds is 3. The molecule has 0 aliphatic carbocycles. The molecule has 12 heavy (non-hydrogen) atoms. The van der Waals surface area contributed by atoms with Crippen molar-refractivity contribution < 1.29 is 5.11 Å². The lowest BCUT2D eigenvalue weighted by Gasteiger charge is -1.95. The molecule has 0 saturated heterocycles. The Kier molecular flexibility index (Phi) is 3.39. The lowest BCUT2D eigenvalue weighted by atomic mass is 10.1. The quantitative estimate of drug-likeness (QED) is 0.677. The molecule has 0 amide bonds. The first-order chi connectivity index (χ1) is 5.83. The molecule has 1 nitrogen and oxygen atoms in total. The van der Waals surface area contributed by atoms with E-state index in [-0.39, 0.29) is 0 Å². The summed E-state index contributed by atoms with van der Waals surface area (Å²) in [4.78, 5) is 0. The third-order valence-corrected chi connectivity index (χ3v) is 1.69. The lowest BCUT2D eigenvalue weighted by molar-refractivity contribution is 0.475. The van der Waals surface area contributed by atoms with E-state index in [2.05, 4.69) is 19.1 Å². The van der Waals surface area contributed by atoms with E-state index < -0.39 is 0 Å². The number of allylic oxidation sites excluding steroid dienone is 2. The Bertz CT molecular complexity index is 246. The number of hydrogen-bond donors (Lipinski definition) is 1. The minimum atomic E-state index is 0.332. The molecule has 1 rings (SSSR count). The summed E-state index contributed by atoms with van der Waals surface area (Å²) in [5, 5.41) is 9.01. The predicted molar refractivity (Wildman–Crippen MR) is 51.2 cm³/mol. The summed E-state index contributed by atoms with van der Waals surface area (Å²) < 4.78 is 0. The van der Waals surface area contributed by atoms with Crippen molar-refractivity contribution in [1.82, 2.24) is 0 Å². The van der Waals surface area contributed by atoms with Crippen LogP contribution < -0.4 is 0 Å². The zero-order valence-corrected chi connectivity index (χ0v) is 7.33. The molecule has 0 aliphatic heterocycles. The van der Waals surface area contributed by atoms with Crippen molar-refractivity contribution in [3.8, 4) is 5.75 Å². The van der Waals surface area contributed by atoms with Crippen molar-refractivity contribution in [2.45, 2.75) is 19.8 Å². The maximum absolute atomic E-state index is 9.01. The van der Waals surface area contributed by atoms with Gasteiger partial charge in [-0.3, -0.25) is 0 Å². The predicted octanol–water partition coefficient (Wildman–Crippen LogP) is 2.90. The van der Waals surface area contributed by atoms with Gasteiger partial charge in [0.25, 0.3) is 0 Å². The first kappa shape index (κ1) is 8.85. The summed E-state index contributed by atoms with van der Waals surface area (Å²) in [5.41, 5.74) is 1.23. The van der Waals surface area contributed by atoms with E-state index >= 15 is 0 Å². The van der Waals surface area contributed by atoms with Crippen molar-refractivity contribution in [3.63, 3.8) is 0 Å². The second-order valence-electron chi connectivity index (χ2n) is 2.75. The summed E-state index contributed by atoms with van der Waals surface area (Å²) in [6, 6.07) is 7.31. The minimum Gasteiger partial charge on any atom is -0.508 e. The van der Waals surface area contributed by atoms with Gasteiger partial charge in [-0.1, -0.05) is 31.2 Å². The maximum Gasteiger partial charge on any atom is 0.115 e. The molecule has 0 fully saturated rings. The van der Waals surface area contributed by atoms with Crippen molar-refractivity contribution in [1.29, 1.82) is 0 Å². The molecule has 0 heterocycles. The van der Waals surface area contributed by atoms with Gasteiger partial charge in [0.05, 0.1) is 0 Å². The molecule has 0 bridgehead atoms. The fourth-order valence-electron chi connectivity index (χ4n) is 1.02. The van der Waals surface area contributed by atoms with Gasteiger partial charge in [0, 0.05) is 0 Å². The molecule has 1 aromatic rings. The summed E-state index contributed by atoms with van der Waals surface area (Å²) in [6.45, 7) is 2.12. The van der Waals surface area contributed by atoms with E-state index in [1.807, 2.05) is 12.1 Å². The molecule has 64 valence electrons. The van der Waals surface area contributed by atoms with Crippen LogP contribution in [0.3, 0.4) is 0 Å². The highest BCUT2D eigenvalue weighted by Crippen LogP contribution is 2.10. The highest BCUT2D eigenvalue weighted by Gasteiger charge is 1.88. The van der Waals surface area contributed by atoms with Crippen molar-refractivity contribution in [2.24, 2.45) is 0 Å². The maximum atomic E-state index is 9.01. The second-order valence-corrected chi connectivity index (χ2v) is 2.75. The number of phenols is 1. The molecule has 0 unspecified atom stereocenters. The van der Waals surface area contributed by atoms with Crippen LogP contribution in [0.4, 0.5) is 0 Å². The Morgan fingerprint density at radius 1 is 1.17 bits per heavy atom. The Morgan fingerprint density at radius 3 is 2.42 bits per heavy atom. The molecule has 1 aromatic carbocycles. The van der Waals surface area contributed by atoms with Gasteiger partial charge in [0.2, 0.25) is 0 Å². The fourth-order valence-corrected chi connectivity index (χ4v) is 1.02. The highest BCUT2D eigenvalue weighted by molar-refractivity contribution is 5.27. The molecular formula is C11H14O. The third kappa shape index (κ3) is 2.79. The summed E-state index contributed by atoms with van der Waals surface area (Å²) in [7, 11) is 0. The summed E-state index contributed by atoms with van der Waals surface area (Å²) in [6.07, 6.45) is 6.32. The van der Waals surface area contributed by atoms with E-state index in [9.17, 15) is 0 Å². The van der Waals surface area contributed by atoms with Gasteiger partial charge in [0.15, 0.2) is 0 Å². The van der Waals surface area contributed by atoms with E-state index in [0.29, 0.717) is 5.75 Å². The molecule has 0 spiro atoms. The van der Waals surface area contributed by atoms with Crippen LogP contribution in [0.1, 0.15) is 18.9 Å². The van der Waals surface area contributed by atoms with Gasteiger partial charge in [-0.25, -0.2) is 0 Å². The molecule has 1 heteroatoms. The van der Waals surface area contributed by atoms with Crippen molar-refractivity contribution >= 4 is 0 Å². The van der Waals surface area contributed by atoms with Crippen LogP contribution in [0.2, 0.25) is 0 Å². The highest BCUT2D eigenvalue weighted by atomic mass is 16.3. The molecule has 0 aromatic heterocycles. The molecule has 0 atom stereocenters. The number of benzene rings is 1. The topological polar surface area (TPSA) is 20.2 Å².